The van der Waals surface area contributed by atoms with Gasteiger partial charge in [-0.25, -0.2) is 0 Å². The number of alkyl halides is 1. The number of ether oxygens (including phenoxy) is 2. The molecule has 0 aliphatic rings. The van der Waals surface area contributed by atoms with Gasteiger partial charge in [0.15, 0.2) is 0 Å². The number of hydrogen-bond donors (Lipinski definition) is 0. The van der Waals surface area contributed by atoms with E-state index >= 15 is 0 Å². The number of rotatable bonds is 5. The largest absolute Gasteiger partial charge is 0.497 e. The zero-order valence-electron chi connectivity index (χ0n) is 11.0. The molecule has 0 saturated carbocycles. The quantitative estimate of drug-likeness (QED) is 0.750. The first kappa shape index (κ1) is 14.4. The summed E-state index contributed by atoms with van der Waals surface area (Å²) in [6.45, 7) is 7.40. The van der Waals surface area contributed by atoms with E-state index in [1.807, 2.05) is 18.2 Å². The molecule has 96 valence electrons. The molecule has 0 spiro atoms. The van der Waals surface area contributed by atoms with Crippen LogP contribution in [0.25, 0.3) is 0 Å². The van der Waals surface area contributed by atoms with Crippen molar-refractivity contribution in [2.45, 2.75) is 32.5 Å². The fourth-order valence-corrected chi connectivity index (χ4v) is 1.83. The van der Waals surface area contributed by atoms with Crippen LogP contribution >= 0.6 is 15.9 Å². The van der Waals surface area contributed by atoms with Crippen LogP contribution < -0.4 is 9.47 Å². The van der Waals surface area contributed by atoms with Crippen LogP contribution in [0.2, 0.25) is 0 Å². The van der Waals surface area contributed by atoms with Crippen molar-refractivity contribution in [2.75, 3.05) is 13.7 Å². The van der Waals surface area contributed by atoms with E-state index in [4.69, 9.17) is 9.47 Å². The minimum Gasteiger partial charge on any atom is -0.497 e. The molecule has 0 atom stereocenters. The van der Waals surface area contributed by atoms with Crippen molar-refractivity contribution in [3.63, 3.8) is 0 Å². The molecule has 17 heavy (non-hydrogen) atoms. The summed E-state index contributed by atoms with van der Waals surface area (Å²) in [5.74, 6) is 1.80. The topological polar surface area (TPSA) is 18.5 Å². The highest BCUT2D eigenvalue weighted by atomic mass is 79.9. The highest BCUT2D eigenvalue weighted by molar-refractivity contribution is 9.08. The minimum absolute atomic E-state index is 0.307. The molecule has 0 radical (unpaired) electrons. The van der Waals surface area contributed by atoms with Crippen LogP contribution in [0.4, 0.5) is 0 Å². The average molecular weight is 301 g/mol. The van der Waals surface area contributed by atoms with E-state index in [9.17, 15) is 0 Å². The first-order valence-electron chi connectivity index (χ1n) is 5.82. The molecule has 2 nitrogen and oxygen atoms in total. The average Bonchev–Trinajstić information content (AvgIpc) is 2.27. The van der Waals surface area contributed by atoms with Crippen LogP contribution in [0.5, 0.6) is 11.5 Å². The SMILES string of the molecule is COc1ccc(OCCC(C)(C)C)c(CBr)c1. The van der Waals surface area contributed by atoms with Gasteiger partial charge < -0.3 is 9.47 Å². The van der Waals surface area contributed by atoms with Gasteiger partial charge in [0, 0.05) is 10.9 Å². The summed E-state index contributed by atoms with van der Waals surface area (Å²) in [6, 6.07) is 5.90. The third-order valence-corrected chi connectivity index (χ3v) is 3.13. The summed E-state index contributed by atoms with van der Waals surface area (Å²) in [5, 5.41) is 0.773. The maximum atomic E-state index is 5.82. The van der Waals surface area contributed by atoms with Crippen LogP contribution in [0.1, 0.15) is 32.8 Å². The molecule has 0 N–H and O–H groups in total. The Balaban J connectivity index is 2.64. The molecular formula is C14H21BrO2. The van der Waals surface area contributed by atoms with E-state index in [-0.39, 0.29) is 0 Å². The Morgan fingerprint density at radius 2 is 1.94 bits per heavy atom. The van der Waals surface area contributed by atoms with Crippen molar-refractivity contribution in [2.24, 2.45) is 5.41 Å². The van der Waals surface area contributed by atoms with E-state index in [0.717, 1.165) is 35.4 Å². The van der Waals surface area contributed by atoms with Gasteiger partial charge in [0.25, 0.3) is 0 Å². The van der Waals surface area contributed by atoms with Gasteiger partial charge in [-0.1, -0.05) is 36.7 Å². The van der Waals surface area contributed by atoms with Gasteiger partial charge in [0.05, 0.1) is 13.7 Å². The Morgan fingerprint density at radius 3 is 2.47 bits per heavy atom. The summed E-state index contributed by atoms with van der Waals surface area (Å²) in [6.07, 6.45) is 1.04. The summed E-state index contributed by atoms with van der Waals surface area (Å²) >= 11 is 3.47. The Hall–Kier alpha value is -0.700. The highest BCUT2D eigenvalue weighted by Crippen LogP contribution is 2.27. The van der Waals surface area contributed by atoms with E-state index in [2.05, 4.69) is 36.7 Å². The van der Waals surface area contributed by atoms with Gasteiger partial charge >= 0.3 is 0 Å². The van der Waals surface area contributed by atoms with Crippen molar-refractivity contribution >= 4 is 15.9 Å². The molecular weight excluding hydrogens is 280 g/mol. The van der Waals surface area contributed by atoms with E-state index in [1.165, 1.54) is 0 Å². The predicted octanol–water partition coefficient (Wildman–Crippen LogP) is 4.41. The summed E-state index contributed by atoms with van der Waals surface area (Å²) in [5.41, 5.74) is 1.43. The maximum absolute atomic E-state index is 5.82. The fourth-order valence-electron chi connectivity index (χ4n) is 1.40. The molecule has 0 amide bonds. The van der Waals surface area contributed by atoms with Crippen molar-refractivity contribution < 1.29 is 9.47 Å². The molecule has 1 rings (SSSR count). The van der Waals surface area contributed by atoms with Gasteiger partial charge in [-0.15, -0.1) is 0 Å². The van der Waals surface area contributed by atoms with Crippen LogP contribution in [0, 0.1) is 5.41 Å². The number of benzene rings is 1. The molecule has 0 bridgehead atoms. The standard InChI is InChI=1S/C14H21BrO2/c1-14(2,3)7-8-17-13-6-5-12(16-4)9-11(13)10-15/h5-6,9H,7-8,10H2,1-4H3. The summed E-state index contributed by atoms with van der Waals surface area (Å²) in [4.78, 5) is 0. The molecule has 0 aliphatic heterocycles. The van der Waals surface area contributed by atoms with Gasteiger partial charge in [-0.05, 0) is 30.0 Å². The third kappa shape index (κ3) is 4.99. The van der Waals surface area contributed by atoms with E-state index in [1.54, 1.807) is 7.11 Å². The molecule has 0 fully saturated rings. The first-order valence-corrected chi connectivity index (χ1v) is 6.94. The van der Waals surface area contributed by atoms with Gasteiger partial charge in [0.2, 0.25) is 0 Å². The lowest BCUT2D eigenvalue weighted by Crippen LogP contribution is -2.11. The second-order valence-corrected chi connectivity index (χ2v) is 5.83. The Bertz CT molecular complexity index is 356. The molecule has 0 aromatic heterocycles. The minimum atomic E-state index is 0.307. The monoisotopic (exact) mass is 300 g/mol. The van der Waals surface area contributed by atoms with Crippen LogP contribution in [0.3, 0.4) is 0 Å². The van der Waals surface area contributed by atoms with Crippen LogP contribution in [0.15, 0.2) is 18.2 Å². The lowest BCUT2D eigenvalue weighted by atomic mass is 9.93. The zero-order chi connectivity index (χ0) is 12.9. The van der Waals surface area contributed by atoms with E-state index in [0.29, 0.717) is 5.41 Å². The summed E-state index contributed by atoms with van der Waals surface area (Å²) in [7, 11) is 1.67. The van der Waals surface area contributed by atoms with Gasteiger partial charge in [0.1, 0.15) is 11.5 Å². The molecule has 0 aliphatic carbocycles. The molecule has 1 aromatic rings. The molecule has 0 heterocycles. The summed E-state index contributed by atoms with van der Waals surface area (Å²) < 4.78 is 11.0. The van der Waals surface area contributed by atoms with Gasteiger partial charge in [-0.2, -0.15) is 0 Å². The lowest BCUT2D eigenvalue weighted by Gasteiger charge is -2.19. The second-order valence-electron chi connectivity index (χ2n) is 5.27. The fraction of sp³-hybridized carbons (Fsp3) is 0.571. The Kier molecular flexibility index (Phi) is 5.31. The van der Waals surface area contributed by atoms with Crippen molar-refractivity contribution in [1.29, 1.82) is 0 Å². The smallest absolute Gasteiger partial charge is 0.123 e. The van der Waals surface area contributed by atoms with Crippen LogP contribution in [-0.2, 0) is 5.33 Å². The maximum Gasteiger partial charge on any atom is 0.123 e. The van der Waals surface area contributed by atoms with Crippen molar-refractivity contribution in [3.05, 3.63) is 23.8 Å². The van der Waals surface area contributed by atoms with E-state index < -0.39 is 0 Å². The number of hydrogen-bond acceptors (Lipinski definition) is 2. The zero-order valence-corrected chi connectivity index (χ0v) is 12.6. The molecule has 1 aromatic carbocycles. The first-order chi connectivity index (χ1) is 7.96. The lowest BCUT2D eigenvalue weighted by molar-refractivity contribution is 0.241. The van der Waals surface area contributed by atoms with Gasteiger partial charge in [-0.3, -0.25) is 0 Å². The Morgan fingerprint density at radius 1 is 1.24 bits per heavy atom. The third-order valence-electron chi connectivity index (χ3n) is 2.52. The van der Waals surface area contributed by atoms with Crippen LogP contribution in [-0.4, -0.2) is 13.7 Å². The molecule has 0 saturated heterocycles. The predicted molar refractivity (Wildman–Crippen MR) is 75.2 cm³/mol. The van der Waals surface area contributed by atoms with Crippen molar-refractivity contribution in [3.8, 4) is 11.5 Å². The Labute approximate surface area is 112 Å². The second kappa shape index (κ2) is 6.29. The van der Waals surface area contributed by atoms with Crippen molar-refractivity contribution in [1.82, 2.24) is 0 Å². The normalized spacial score (nSPS) is 11.4. The number of halogens is 1. The number of methoxy groups -OCH3 is 1. The molecule has 0 unspecified atom stereocenters. The molecule has 3 heteroatoms. The highest BCUT2D eigenvalue weighted by Gasteiger charge is 2.11.